The zero-order valence-corrected chi connectivity index (χ0v) is 11.4. The van der Waals surface area contributed by atoms with E-state index in [4.69, 9.17) is 5.73 Å². The van der Waals surface area contributed by atoms with Crippen LogP contribution in [0.1, 0.15) is 18.0 Å². The Hall–Kier alpha value is -1.31. The Bertz CT molecular complexity index is 423. The molecule has 0 aromatic heterocycles. The Kier molecular flexibility index (Phi) is 5.20. The number of esters is 1. The van der Waals surface area contributed by atoms with Gasteiger partial charge in [-0.05, 0) is 40.3 Å². The van der Waals surface area contributed by atoms with Gasteiger partial charge in [0.25, 0.3) is 0 Å². The third-order valence-electron chi connectivity index (χ3n) is 2.17. The average Bonchev–Trinajstić information content (AvgIpc) is 2.27. The first-order valence-corrected chi connectivity index (χ1v) is 5.99. The molecule has 1 aromatic carbocycles. The van der Waals surface area contributed by atoms with Gasteiger partial charge in [0, 0.05) is 3.57 Å². The van der Waals surface area contributed by atoms with Gasteiger partial charge in [-0.3, -0.25) is 4.79 Å². The Morgan fingerprint density at radius 2 is 2.24 bits per heavy atom. The van der Waals surface area contributed by atoms with Gasteiger partial charge in [0.1, 0.15) is 0 Å². The molecule has 0 saturated heterocycles. The molecule has 0 bridgehead atoms. The summed E-state index contributed by atoms with van der Waals surface area (Å²) in [7, 11) is 1.30. The molecule has 0 aliphatic rings. The second kappa shape index (κ2) is 6.43. The zero-order valence-electron chi connectivity index (χ0n) is 9.27. The molecule has 1 unspecified atom stereocenters. The van der Waals surface area contributed by atoms with E-state index < -0.39 is 18.0 Å². The molecule has 3 N–H and O–H groups in total. The SMILES string of the molecule is COC(=O)CC(NC(N)=O)c1cccc(I)c1. The Morgan fingerprint density at radius 1 is 1.53 bits per heavy atom. The van der Waals surface area contributed by atoms with Crippen molar-refractivity contribution >= 4 is 34.6 Å². The van der Waals surface area contributed by atoms with Crippen LogP contribution in [0, 0.1) is 3.57 Å². The fourth-order valence-corrected chi connectivity index (χ4v) is 1.96. The van der Waals surface area contributed by atoms with Crippen LogP contribution in [0.4, 0.5) is 4.79 Å². The highest BCUT2D eigenvalue weighted by molar-refractivity contribution is 14.1. The van der Waals surface area contributed by atoms with E-state index in [1.165, 1.54) is 7.11 Å². The number of rotatable bonds is 4. The number of nitrogens with one attached hydrogen (secondary N) is 1. The molecule has 17 heavy (non-hydrogen) atoms. The maximum absolute atomic E-state index is 11.2. The van der Waals surface area contributed by atoms with Crippen molar-refractivity contribution in [3.63, 3.8) is 0 Å². The van der Waals surface area contributed by atoms with Gasteiger partial charge in [0.05, 0.1) is 19.6 Å². The summed E-state index contributed by atoms with van der Waals surface area (Å²) in [5.74, 6) is -0.400. The molecule has 0 aliphatic carbocycles. The van der Waals surface area contributed by atoms with Gasteiger partial charge < -0.3 is 15.8 Å². The lowest BCUT2D eigenvalue weighted by Crippen LogP contribution is -2.34. The molecule has 0 radical (unpaired) electrons. The summed E-state index contributed by atoms with van der Waals surface area (Å²) in [6.45, 7) is 0. The number of hydrogen-bond acceptors (Lipinski definition) is 3. The highest BCUT2D eigenvalue weighted by Crippen LogP contribution is 2.19. The first-order chi connectivity index (χ1) is 8.02. The van der Waals surface area contributed by atoms with E-state index in [1.54, 1.807) is 0 Å². The van der Waals surface area contributed by atoms with E-state index in [2.05, 4.69) is 32.6 Å². The fourth-order valence-electron chi connectivity index (χ4n) is 1.40. The minimum atomic E-state index is -0.669. The predicted molar refractivity (Wildman–Crippen MR) is 71.3 cm³/mol. The van der Waals surface area contributed by atoms with E-state index >= 15 is 0 Å². The normalized spacial score (nSPS) is 11.6. The van der Waals surface area contributed by atoms with Crippen molar-refractivity contribution in [1.82, 2.24) is 5.32 Å². The van der Waals surface area contributed by atoms with Crippen LogP contribution in [0.2, 0.25) is 0 Å². The molecule has 0 saturated carbocycles. The number of primary amides is 1. The fraction of sp³-hybridized carbons (Fsp3) is 0.273. The van der Waals surface area contributed by atoms with Crippen LogP contribution >= 0.6 is 22.6 Å². The molecule has 1 rings (SSSR count). The first-order valence-electron chi connectivity index (χ1n) is 4.91. The number of urea groups is 1. The van der Waals surface area contributed by atoms with Gasteiger partial charge in [-0.15, -0.1) is 0 Å². The summed E-state index contributed by atoms with van der Waals surface area (Å²) >= 11 is 2.16. The van der Waals surface area contributed by atoms with Crippen molar-refractivity contribution in [3.05, 3.63) is 33.4 Å². The molecule has 0 fully saturated rings. The third-order valence-corrected chi connectivity index (χ3v) is 2.84. The van der Waals surface area contributed by atoms with Crippen molar-refractivity contribution in [1.29, 1.82) is 0 Å². The summed E-state index contributed by atoms with van der Waals surface area (Å²) in [6.07, 6.45) is 0.0551. The number of halogens is 1. The lowest BCUT2D eigenvalue weighted by Gasteiger charge is -2.16. The number of carbonyl (C=O) groups excluding carboxylic acids is 2. The number of hydrogen-bond donors (Lipinski definition) is 2. The number of ether oxygens (including phenoxy) is 1. The van der Waals surface area contributed by atoms with Gasteiger partial charge in [0.2, 0.25) is 0 Å². The van der Waals surface area contributed by atoms with Crippen LogP contribution < -0.4 is 11.1 Å². The number of benzene rings is 1. The Morgan fingerprint density at radius 3 is 2.76 bits per heavy atom. The summed E-state index contributed by atoms with van der Waals surface area (Å²) in [4.78, 5) is 22.1. The zero-order chi connectivity index (χ0) is 12.8. The minimum Gasteiger partial charge on any atom is -0.469 e. The van der Waals surface area contributed by atoms with Gasteiger partial charge in [-0.2, -0.15) is 0 Å². The van der Waals surface area contributed by atoms with Crippen LogP contribution in [0.15, 0.2) is 24.3 Å². The maximum atomic E-state index is 11.2. The highest BCUT2D eigenvalue weighted by Gasteiger charge is 2.17. The summed E-state index contributed by atoms with van der Waals surface area (Å²) in [5.41, 5.74) is 5.90. The molecular weight excluding hydrogens is 335 g/mol. The van der Waals surface area contributed by atoms with E-state index in [-0.39, 0.29) is 6.42 Å². The predicted octanol–water partition coefficient (Wildman–Crippen LogP) is 1.56. The second-order valence-electron chi connectivity index (χ2n) is 3.40. The molecule has 0 heterocycles. The van der Waals surface area contributed by atoms with Crippen molar-refractivity contribution in [2.24, 2.45) is 5.73 Å². The van der Waals surface area contributed by atoms with Crippen LogP contribution in [0.25, 0.3) is 0 Å². The topological polar surface area (TPSA) is 81.4 Å². The number of methoxy groups -OCH3 is 1. The molecule has 6 heteroatoms. The number of nitrogens with two attached hydrogens (primary N) is 1. The Labute approximate surface area is 113 Å². The molecule has 92 valence electrons. The molecule has 1 aromatic rings. The molecule has 2 amide bonds. The maximum Gasteiger partial charge on any atom is 0.312 e. The van der Waals surface area contributed by atoms with Gasteiger partial charge in [-0.1, -0.05) is 12.1 Å². The lowest BCUT2D eigenvalue weighted by atomic mass is 10.0. The molecule has 0 spiro atoms. The largest absolute Gasteiger partial charge is 0.469 e. The van der Waals surface area contributed by atoms with Crippen LogP contribution in [-0.4, -0.2) is 19.1 Å². The van der Waals surface area contributed by atoms with E-state index in [1.807, 2.05) is 24.3 Å². The van der Waals surface area contributed by atoms with Crippen molar-refractivity contribution in [2.45, 2.75) is 12.5 Å². The van der Waals surface area contributed by atoms with Crippen molar-refractivity contribution in [3.8, 4) is 0 Å². The number of amides is 2. The first kappa shape index (κ1) is 13.8. The molecular formula is C11H13IN2O3. The smallest absolute Gasteiger partial charge is 0.312 e. The van der Waals surface area contributed by atoms with E-state index in [0.29, 0.717) is 0 Å². The molecule has 0 aliphatic heterocycles. The van der Waals surface area contributed by atoms with Crippen molar-refractivity contribution < 1.29 is 14.3 Å². The van der Waals surface area contributed by atoms with Crippen LogP contribution in [0.5, 0.6) is 0 Å². The van der Waals surface area contributed by atoms with Crippen molar-refractivity contribution in [2.75, 3.05) is 7.11 Å². The number of carbonyl (C=O) groups is 2. The summed E-state index contributed by atoms with van der Waals surface area (Å²) in [6, 6.07) is 6.34. The molecule has 5 nitrogen and oxygen atoms in total. The minimum absolute atomic E-state index is 0.0551. The standard InChI is InChI=1S/C11H13IN2O3/c1-17-10(15)6-9(14-11(13)16)7-3-2-4-8(12)5-7/h2-5,9H,6H2,1H3,(H3,13,14,16). The van der Waals surface area contributed by atoms with Gasteiger partial charge in [-0.25, -0.2) is 4.79 Å². The summed E-state index contributed by atoms with van der Waals surface area (Å²) < 4.78 is 5.60. The van der Waals surface area contributed by atoms with Crippen LogP contribution in [-0.2, 0) is 9.53 Å². The summed E-state index contributed by atoms with van der Waals surface area (Å²) in [5, 5.41) is 2.52. The molecule has 1 atom stereocenters. The average molecular weight is 348 g/mol. The van der Waals surface area contributed by atoms with E-state index in [9.17, 15) is 9.59 Å². The van der Waals surface area contributed by atoms with Gasteiger partial charge >= 0.3 is 12.0 Å². The van der Waals surface area contributed by atoms with Crippen LogP contribution in [0.3, 0.4) is 0 Å². The highest BCUT2D eigenvalue weighted by atomic mass is 127. The second-order valence-corrected chi connectivity index (χ2v) is 4.64. The quantitative estimate of drug-likeness (QED) is 0.640. The van der Waals surface area contributed by atoms with Gasteiger partial charge in [0.15, 0.2) is 0 Å². The Balaban J connectivity index is 2.89. The third kappa shape index (κ3) is 4.59. The lowest BCUT2D eigenvalue weighted by molar-refractivity contribution is -0.141. The monoisotopic (exact) mass is 348 g/mol. The van der Waals surface area contributed by atoms with E-state index in [0.717, 1.165) is 9.13 Å².